The topological polar surface area (TPSA) is 94.5 Å². The van der Waals surface area contributed by atoms with Crippen LogP contribution in [0.1, 0.15) is 38.5 Å². The van der Waals surface area contributed by atoms with Crippen LogP contribution in [-0.4, -0.2) is 48.2 Å². The lowest BCUT2D eigenvalue weighted by atomic mass is 10.0. The van der Waals surface area contributed by atoms with Crippen molar-refractivity contribution in [3.8, 4) is 6.07 Å². The molecule has 2 aliphatic carbocycles. The number of benzene rings is 1. The van der Waals surface area contributed by atoms with Crippen molar-refractivity contribution in [2.45, 2.75) is 56.7 Å². The first-order valence-corrected chi connectivity index (χ1v) is 10.6. The molecule has 0 aromatic heterocycles. The zero-order valence-corrected chi connectivity index (χ0v) is 16.5. The van der Waals surface area contributed by atoms with E-state index in [-0.39, 0.29) is 24.1 Å². The first kappa shape index (κ1) is 19.7. The van der Waals surface area contributed by atoms with E-state index in [0.717, 1.165) is 44.2 Å². The number of likely N-dealkylation sites (tertiary alicyclic amines) is 1. The Morgan fingerprint density at radius 1 is 1.14 bits per heavy atom. The fraction of sp³-hybridized carbons (Fsp3) is 0.591. The van der Waals surface area contributed by atoms with Gasteiger partial charge in [0, 0.05) is 18.3 Å². The fourth-order valence-corrected chi connectivity index (χ4v) is 5.18. The van der Waals surface area contributed by atoms with Crippen LogP contribution in [0.25, 0.3) is 0 Å². The van der Waals surface area contributed by atoms with Crippen molar-refractivity contribution in [2.24, 2.45) is 11.8 Å². The van der Waals surface area contributed by atoms with Crippen LogP contribution in [0.15, 0.2) is 30.3 Å². The second-order valence-electron chi connectivity index (χ2n) is 8.43. The van der Waals surface area contributed by atoms with Crippen molar-refractivity contribution in [3.63, 3.8) is 0 Å². The van der Waals surface area contributed by atoms with Crippen molar-refractivity contribution in [1.29, 1.82) is 5.26 Å². The molecule has 4 rings (SSSR count). The molecule has 1 heterocycles. The molecule has 2 saturated carbocycles. The highest BCUT2D eigenvalue weighted by molar-refractivity contribution is 5.84. The molecule has 3 aliphatic rings. The molecule has 0 bridgehead atoms. The minimum Gasteiger partial charge on any atom is -0.446 e. The number of anilines is 1. The molecule has 1 aromatic rings. The van der Waals surface area contributed by atoms with E-state index < -0.39 is 0 Å². The van der Waals surface area contributed by atoms with Crippen molar-refractivity contribution in [1.82, 2.24) is 10.2 Å². The summed E-state index contributed by atoms with van der Waals surface area (Å²) in [7, 11) is 0. The van der Waals surface area contributed by atoms with Crippen LogP contribution >= 0.6 is 0 Å². The van der Waals surface area contributed by atoms with Gasteiger partial charge in [-0.05, 0) is 62.5 Å². The first-order chi connectivity index (χ1) is 14.1. The lowest BCUT2D eigenvalue weighted by Gasteiger charge is -2.22. The molecule has 0 unspecified atom stereocenters. The largest absolute Gasteiger partial charge is 0.446 e. The number of para-hydroxylation sites is 1. The third kappa shape index (κ3) is 4.70. The summed E-state index contributed by atoms with van der Waals surface area (Å²) in [6.45, 7) is 1.00. The number of carbonyl (C=O) groups is 2. The lowest BCUT2D eigenvalue weighted by Crippen LogP contribution is -2.43. The molecule has 154 valence electrons. The Labute approximate surface area is 171 Å². The zero-order chi connectivity index (χ0) is 20.2. The summed E-state index contributed by atoms with van der Waals surface area (Å²) < 4.78 is 5.61. The number of fused-ring (bicyclic) bond motifs is 1. The second kappa shape index (κ2) is 8.83. The number of rotatable bonds is 5. The predicted molar refractivity (Wildman–Crippen MR) is 108 cm³/mol. The molecular weight excluding hydrogens is 368 g/mol. The Kier molecular flexibility index (Phi) is 6.00. The number of nitrogens with one attached hydrogen (secondary N) is 2. The average Bonchev–Trinajstić information content (AvgIpc) is 3.41. The lowest BCUT2D eigenvalue weighted by molar-refractivity contribution is -0.130. The van der Waals surface area contributed by atoms with E-state index in [4.69, 9.17) is 10.00 Å². The van der Waals surface area contributed by atoms with Gasteiger partial charge in [-0.2, -0.15) is 5.26 Å². The number of hydrogen-bond acceptors (Lipinski definition) is 5. The van der Waals surface area contributed by atoms with Gasteiger partial charge in [0.05, 0.1) is 12.6 Å². The molecule has 7 heteroatoms. The van der Waals surface area contributed by atoms with Crippen LogP contribution < -0.4 is 10.6 Å². The van der Waals surface area contributed by atoms with Gasteiger partial charge < -0.3 is 15.0 Å². The number of nitriles is 1. The smallest absolute Gasteiger partial charge is 0.411 e. The van der Waals surface area contributed by atoms with E-state index in [2.05, 4.69) is 16.7 Å². The SMILES string of the molecule is N#C[C@@H]1CCCN1C(=O)CN[C@@H]1C[C@@H]2C[C@H](OC(=O)Nc3ccccc3)C[C@@H]2C1. The quantitative estimate of drug-likeness (QED) is 0.798. The molecule has 29 heavy (non-hydrogen) atoms. The van der Waals surface area contributed by atoms with Gasteiger partial charge in [-0.1, -0.05) is 18.2 Å². The Morgan fingerprint density at radius 3 is 2.55 bits per heavy atom. The molecule has 1 aromatic carbocycles. The Morgan fingerprint density at radius 2 is 1.86 bits per heavy atom. The van der Waals surface area contributed by atoms with Gasteiger partial charge in [0.15, 0.2) is 0 Å². The summed E-state index contributed by atoms with van der Waals surface area (Å²) in [5.41, 5.74) is 0.737. The fourth-order valence-electron chi connectivity index (χ4n) is 5.18. The molecule has 1 saturated heterocycles. The van der Waals surface area contributed by atoms with Gasteiger partial charge in [0.25, 0.3) is 0 Å². The van der Waals surface area contributed by atoms with Crippen LogP contribution in [-0.2, 0) is 9.53 Å². The van der Waals surface area contributed by atoms with E-state index in [1.54, 1.807) is 4.90 Å². The zero-order valence-electron chi connectivity index (χ0n) is 16.5. The minimum absolute atomic E-state index is 0.0303. The number of ether oxygens (including phenoxy) is 1. The van der Waals surface area contributed by atoms with Gasteiger partial charge in [0.1, 0.15) is 12.1 Å². The molecule has 3 fully saturated rings. The predicted octanol–water partition coefficient (Wildman–Crippen LogP) is 2.90. The van der Waals surface area contributed by atoms with Crippen molar-refractivity contribution < 1.29 is 14.3 Å². The van der Waals surface area contributed by atoms with Crippen molar-refractivity contribution in [2.75, 3.05) is 18.4 Å². The molecule has 0 spiro atoms. The highest BCUT2D eigenvalue weighted by atomic mass is 16.6. The maximum Gasteiger partial charge on any atom is 0.411 e. The number of nitrogens with zero attached hydrogens (tertiary/aromatic N) is 2. The molecule has 2 amide bonds. The normalized spacial score (nSPS) is 30.6. The monoisotopic (exact) mass is 396 g/mol. The third-order valence-electron chi connectivity index (χ3n) is 6.53. The number of carbonyl (C=O) groups excluding carboxylic acids is 2. The van der Waals surface area contributed by atoms with E-state index >= 15 is 0 Å². The molecule has 2 N–H and O–H groups in total. The Bertz CT molecular complexity index is 764. The van der Waals surface area contributed by atoms with E-state index in [9.17, 15) is 9.59 Å². The number of hydrogen-bond donors (Lipinski definition) is 2. The minimum atomic E-state index is -0.390. The van der Waals surface area contributed by atoms with Crippen LogP contribution in [0.4, 0.5) is 10.5 Å². The molecular formula is C22H28N4O3. The number of amides is 2. The highest BCUT2D eigenvalue weighted by Gasteiger charge is 2.43. The van der Waals surface area contributed by atoms with Gasteiger partial charge in [-0.3, -0.25) is 10.1 Å². The third-order valence-corrected chi connectivity index (χ3v) is 6.53. The summed E-state index contributed by atoms with van der Waals surface area (Å²) >= 11 is 0. The summed E-state index contributed by atoms with van der Waals surface area (Å²) in [6.07, 6.45) is 5.09. The second-order valence-corrected chi connectivity index (χ2v) is 8.43. The van der Waals surface area contributed by atoms with Crippen molar-refractivity contribution >= 4 is 17.7 Å². The van der Waals surface area contributed by atoms with Crippen molar-refractivity contribution in [3.05, 3.63) is 30.3 Å². The van der Waals surface area contributed by atoms with Gasteiger partial charge in [-0.25, -0.2) is 4.79 Å². The maximum atomic E-state index is 12.4. The Hall–Kier alpha value is -2.59. The molecule has 1 aliphatic heterocycles. The maximum absolute atomic E-state index is 12.4. The van der Waals surface area contributed by atoms with E-state index in [0.29, 0.717) is 31.0 Å². The molecule has 7 nitrogen and oxygen atoms in total. The van der Waals surface area contributed by atoms with Crippen LogP contribution in [0.5, 0.6) is 0 Å². The van der Waals surface area contributed by atoms with Crippen LogP contribution in [0.2, 0.25) is 0 Å². The Balaban J connectivity index is 1.18. The van der Waals surface area contributed by atoms with E-state index in [1.165, 1.54) is 0 Å². The van der Waals surface area contributed by atoms with Crippen LogP contribution in [0, 0.1) is 23.2 Å². The summed E-state index contributed by atoms with van der Waals surface area (Å²) in [4.78, 5) is 26.2. The molecule has 0 radical (unpaired) electrons. The highest BCUT2D eigenvalue weighted by Crippen LogP contribution is 2.45. The summed E-state index contributed by atoms with van der Waals surface area (Å²) in [5.74, 6) is 1.11. The van der Waals surface area contributed by atoms with Gasteiger partial charge in [0.2, 0.25) is 5.91 Å². The summed E-state index contributed by atoms with van der Waals surface area (Å²) in [5, 5.41) is 15.3. The first-order valence-electron chi connectivity index (χ1n) is 10.6. The summed E-state index contributed by atoms with van der Waals surface area (Å²) in [6, 6.07) is 11.6. The van der Waals surface area contributed by atoms with Gasteiger partial charge in [-0.15, -0.1) is 0 Å². The van der Waals surface area contributed by atoms with E-state index in [1.807, 2.05) is 30.3 Å². The van der Waals surface area contributed by atoms with Crippen LogP contribution in [0.3, 0.4) is 0 Å². The average molecular weight is 396 g/mol. The van der Waals surface area contributed by atoms with Gasteiger partial charge >= 0.3 is 6.09 Å². The molecule has 5 atom stereocenters. The standard InChI is InChI=1S/C22H28N4O3/c23-13-19-7-4-8-26(19)21(27)14-24-18-9-15-11-20(12-16(15)10-18)29-22(28)25-17-5-2-1-3-6-17/h1-3,5-6,15-16,18-20,24H,4,7-12,14H2,(H,25,28)/t15-,16+,18-,19-,20+/m0/s1.